The van der Waals surface area contributed by atoms with E-state index in [9.17, 15) is 4.79 Å². The van der Waals surface area contributed by atoms with E-state index in [1.54, 1.807) is 6.20 Å². The van der Waals surface area contributed by atoms with Crippen molar-refractivity contribution in [3.8, 4) is 0 Å². The van der Waals surface area contributed by atoms with E-state index in [1.165, 1.54) is 23.9 Å². The molecule has 1 aromatic carbocycles. The fraction of sp³-hybridized carbons (Fsp3) is 0.421. The summed E-state index contributed by atoms with van der Waals surface area (Å²) < 4.78 is 9.10. The summed E-state index contributed by atoms with van der Waals surface area (Å²) in [6.45, 7) is 2.50. The van der Waals surface area contributed by atoms with Crippen LogP contribution in [-0.4, -0.2) is 19.6 Å². The highest BCUT2D eigenvalue weighted by Crippen LogP contribution is 2.62. The van der Waals surface area contributed by atoms with E-state index in [0.717, 1.165) is 22.7 Å². The summed E-state index contributed by atoms with van der Waals surface area (Å²) in [7, 11) is 0. The number of aromatic nitrogens is 4. The molecule has 128 valence electrons. The van der Waals surface area contributed by atoms with Crippen molar-refractivity contribution in [1.29, 1.82) is 0 Å². The molecule has 2 bridgehead atoms. The first kappa shape index (κ1) is 14.8. The predicted octanol–water partition coefficient (Wildman–Crippen LogP) is 2.58. The molecule has 0 aliphatic heterocycles. The van der Waals surface area contributed by atoms with Gasteiger partial charge >= 0.3 is 0 Å². The molecule has 3 aromatic rings. The number of benzene rings is 1. The van der Waals surface area contributed by atoms with Crippen molar-refractivity contribution in [3.63, 3.8) is 0 Å². The van der Waals surface area contributed by atoms with E-state index in [2.05, 4.69) is 14.9 Å². The van der Waals surface area contributed by atoms with Crippen LogP contribution in [0.2, 0.25) is 0 Å². The Kier molecular flexibility index (Phi) is 3.12. The van der Waals surface area contributed by atoms with Crippen molar-refractivity contribution in [2.45, 2.75) is 45.1 Å². The lowest BCUT2D eigenvalue weighted by atomic mass is 9.50. The van der Waals surface area contributed by atoms with Gasteiger partial charge < -0.3 is 4.74 Å². The molecule has 0 saturated heterocycles. The minimum Gasteiger partial charge on any atom is -0.354 e. The van der Waals surface area contributed by atoms with Gasteiger partial charge in [0.25, 0.3) is 5.56 Å². The molecule has 0 unspecified atom stereocenters. The Labute approximate surface area is 145 Å². The topological polar surface area (TPSA) is 61.9 Å². The molecule has 25 heavy (non-hydrogen) atoms. The summed E-state index contributed by atoms with van der Waals surface area (Å²) in [5, 5.41) is 9.66. The van der Waals surface area contributed by atoms with Gasteiger partial charge in [-0.3, -0.25) is 9.48 Å². The summed E-state index contributed by atoms with van der Waals surface area (Å²) in [4.78, 5) is 12.8. The van der Waals surface area contributed by atoms with Crippen molar-refractivity contribution in [1.82, 2.24) is 19.6 Å². The molecule has 3 fully saturated rings. The zero-order valence-corrected chi connectivity index (χ0v) is 14.2. The first-order chi connectivity index (χ1) is 12.2. The summed E-state index contributed by atoms with van der Waals surface area (Å²) in [5.41, 5.74) is 2.75. The molecule has 3 saturated carbocycles. The average Bonchev–Trinajstić information content (AvgIpc) is 2.85. The fourth-order valence-electron chi connectivity index (χ4n) is 4.20. The van der Waals surface area contributed by atoms with Gasteiger partial charge in [-0.05, 0) is 37.7 Å². The molecule has 0 N–H and O–H groups in total. The van der Waals surface area contributed by atoms with E-state index >= 15 is 0 Å². The second-order valence-electron chi connectivity index (χ2n) is 7.37. The van der Waals surface area contributed by atoms with Gasteiger partial charge in [0.2, 0.25) is 0 Å². The minimum atomic E-state index is -0.124. The summed E-state index contributed by atoms with van der Waals surface area (Å²) in [5.74, 6) is 0.860. The maximum absolute atomic E-state index is 12.8. The molecule has 3 aliphatic rings. The zero-order valence-electron chi connectivity index (χ0n) is 14.2. The lowest BCUT2D eigenvalue weighted by Crippen LogP contribution is -2.59. The lowest BCUT2D eigenvalue weighted by Gasteiger charge is -2.61. The van der Waals surface area contributed by atoms with Gasteiger partial charge in [-0.25, -0.2) is 4.68 Å². The standard InChI is InChI=1S/C19H20N4O2/c1-13-17-16(23(21-13)19-7-15(8-19)9-19)10-20-22(18(17)24)12-25-11-14-5-3-2-4-6-14/h2-6,10,15H,7-9,11-12H2,1H3. The van der Waals surface area contributed by atoms with Crippen LogP contribution in [0.1, 0.15) is 30.5 Å². The summed E-state index contributed by atoms with van der Waals surface area (Å²) in [6, 6.07) is 9.90. The maximum atomic E-state index is 12.8. The van der Waals surface area contributed by atoms with Gasteiger partial charge in [-0.1, -0.05) is 30.3 Å². The quantitative estimate of drug-likeness (QED) is 0.718. The third kappa shape index (κ3) is 2.17. The monoisotopic (exact) mass is 336 g/mol. The van der Waals surface area contributed by atoms with E-state index in [1.807, 2.05) is 37.3 Å². The van der Waals surface area contributed by atoms with Gasteiger partial charge in [0, 0.05) is 0 Å². The van der Waals surface area contributed by atoms with Crippen LogP contribution < -0.4 is 5.56 Å². The summed E-state index contributed by atoms with van der Waals surface area (Å²) in [6.07, 6.45) is 5.33. The SMILES string of the molecule is Cc1nn(C23CC(C2)C3)c2cnn(COCc3ccccc3)c(=O)c12. The van der Waals surface area contributed by atoms with Crippen LogP contribution in [-0.2, 0) is 23.6 Å². The van der Waals surface area contributed by atoms with E-state index in [4.69, 9.17) is 4.74 Å². The van der Waals surface area contributed by atoms with Crippen LogP contribution in [0.3, 0.4) is 0 Å². The number of rotatable bonds is 5. The van der Waals surface area contributed by atoms with Crippen LogP contribution in [0.4, 0.5) is 0 Å². The Balaban J connectivity index is 1.42. The van der Waals surface area contributed by atoms with Crippen molar-refractivity contribution in [2.75, 3.05) is 0 Å². The van der Waals surface area contributed by atoms with Gasteiger partial charge in [0.1, 0.15) is 6.73 Å². The number of aryl methyl sites for hydroxylation is 1. The van der Waals surface area contributed by atoms with Crippen molar-refractivity contribution >= 4 is 10.9 Å². The second kappa shape index (κ2) is 5.26. The Morgan fingerprint density at radius 1 is 1.24 bits per heavy atom. The smallest absolute Gasteiger partial charge is 0.280 e. The lowest BCUT2D eigenvalue weighted by molar-refractivity contribution is -0.0946. The largest absolute Gasteiger partial charge is 0.354 e. The van der Waals surface area contributed by atoms with Crippen LogP contribution in [0.25, 0.3) is 10.9 Å². The average molecular weight is 336 g/mol. The first-order valence-electron chi connectivity index (χ1n) is 8.74. The molecular weight excluding hydrogens is 316 g/mol. The number of ether oxygens (including phenoxy) is 1. The molecule has 0 radical (unpaired) electrons. The highest BCUT2D eigenvalue weighted by Gasteiger charge is 2.59. The minimum absolute atomic E-state index is 0.124. The second-order valence-corrected chi connectivity index (χ2v) is 7.37. The third-order valence-electron chi connectivity index (χ3n) is 5.64. The molecule has 6 rings (SSSR count). The fourth-order valence-corrected chi connectivity index (χ4v) is 4.20. The first-order valence-corrected chi connectivity index (χ1v) is 8.74. The third-order valence-corrected chi connectivity index (χ3v) is 5.64. The number of fused-ring (bicyclic) bond motifs is 1. The number of nitrogens with zero attached hydrogens (tertiary/aromatic N) is 4. The normalized spacial score (nSPS) is 24.1. The number of hydrogen-bond donors (Lipinski definition) is 0. The van der Waals surface area contributed by atoms with Crippen molar-refractivity contribution in [3.05, 3.63) is 58.1 Å². The van der Waals surface area contributed by atoms with E-state index in [-0.39, 0.29) is 17.8 Å². The highest BCUT2D eigenvalue weighted by atomic mass is 16.5. The molecule has 0 atom stereocenters. The van der Waals surface area contributed by atoms with Crippen LogP contribution in [0.15, 0.2) is 41.3 Å². The van der Waals surface area contributed by atoms with Gasteiger partial charge in [0.05, 0.1) is 34.9 Å². The Morgan fingerprint density at radius 3 is 2.68 bits per heavy atom. The Morgan fingerprint density at radius 2 is 2.00 bits per heavy atom. The van der Waals surface area contributed by atoms with E-state index in [0.29, 0.717) is 12.0 Å². The predicted molar refractivity (Wildman–Crippen MR) is 93.1 cm³/mol. The van der Waals surface area contributed by atoms with Crippen LogP contribution in [0.5, 0.6) is 0 Å². The zero-order chi connectivity index (χ0) is 17.0. The molecule has 6 nitrogen and oxygen atoms in total. The van der Waals surface area contributed by atoms with Crippen LogP contribution in [0, 0.1) is 12.8 Å². The Bertz CT molecular complexity index is 988. The molecule has 2 heterocycles. The highest BCUT2D eigenvalue weighted by molar-refractivity contribution is 5.80. The van der Waals surface area contributed by atoms with Gasteiger partial charge in [-0.15, -0.1) is 0 Å². The van der Waals surface area contributed by atoms with Gasteiger partial charge in [0.15, 0.2) is 0 Å². The van der Waals surface area contributed by atoms with Gasteiger partial charge in [-0.2, -0.15) is 10.2 Å². The molecule has 6 heteroatoms. The van der Waals surface area contributed by atoms with E-state index < -0.39 is 0 Å². The maximum Gasteiger partial charge on any atom is 0.280 e. The molecule has 2 aromatic heterocycles. The van der Waals surface area contributed by atoms with Crippen molar-refractivity contribution in [2.24, 2.45) is 5.92 Å². The molecular formula is C19H20N4O2. The van der Waals surface area contributed by atoms with Crippen LogP contribution >= 0.6 is 0 Å². The summed E-state index contributed by atoms with van der Waals surface area (Å²) >= 11 is 0. The molecule has 0 spiro atoms. The molecule has 3 aliphatic carbocycles. The van der Waals surface area contributed by atoms with Crippen molar-refractivity contribution < 1.29 is 4.74 Å². The molecule has 0 amide bonds. The number of hydrogen-bond acceptors (Lipinski definition) is 4. The Hall–Kier alpha value is -2.47.